The Bertz CT molecular complexity index is 1310. The zero-order valence-electron chi connectivity index (χ0n) is 17.3. The molecule has 0 saturated heterocycles. The average Bonchev–Trinajstić information content (AvgIpc) is 3.48. The number of aromatic nitrogens is 2. The van der Waals surface area contributed by atoms with Crippen molar-refractivity contribution in [1.29, 1.82) is 0 Å². The Morgan fingerprint density at radius 3 is 2.59 bits per heavy atom. The molecule has 164 valence electrons. The highest BCUT2D eigenvalue weighted by Crippen LogP contribution is 2.52. The van der Waals surface area contributed by atoms with Crippen molar-refractivity contribution in [2.75, 3.05) is 5.32 Å². The molecule has 1 aromatic carbocycles. The summed E-state index contributed by atoms with van der Waals surface area (Å²) in [4.78, 5) is 32.6. The molecule has 9 heteroatoms. The fourth-order valence-corrected chi connectivity index (χ4v) is 3.93. The maximum Gasteiger partial charge on any atom is 0.586 e. The van der Waals surface area contributed by atoms with Gasteiger partial charge >= 0.3 is 6.29 Å². The smallest absolute Gasteiger partial charge is 0.395 e. The van der Waals surface area contributed by atoms with Gasteiger partial charge in [-0.15, -0.1) is 8.78 Å². The van der Waals surface area contributed by atoms with E-state index in [0.717, 1.165) is 11.1 Å². The van der Waals surface area contributed by atoms with Gasteiger partial charge in [0, 0.05) is 6.20 Å². The third-order valence-corrected chi connectivity index (χ3v) is 5.99. The molecule has 0 spiro atoms. The van der Waals surface area contributed by atoms with Gasteiger partial charge in [-0.25, -0.2) is 4.98 Å². The Labute approximate surface area is 181 Å². The van der Waals surface area contributed by atoms with E-state index in [1.165, 1.54) is 18.3 Å². The van der Waals surface area contributed by atoms with E-state index >= 15 is 0 Å². The van der Waals surface area contributed by atoms with Crippen LogP contribution in [0.3, 0.4) is 0 Å². The van der Waals surface area contributed by atoms with Gasteiger partial charge in [-0.1, -0.05) is 6.07 Å². The molecule has 0 bridgehead atoms. The molecule has 2 aliphatic rings. The number of amides is 1. The van der Waals surface area contributed by atoms with Crippen molar-refractivity contribution in [3.63, 3.8) is 0 Å². The molecule has 32 heavy (non-hydrogen) atoms. The van der Waals surface area contributed by atoms with Crippen molar-refractivity contribution < 1.29 is 23.0 Å². The minimum atomic E-state index is -3.71. The predicted molar refractivity (Wildman–Crippen MR) is 112 cm³/mol. The summed E-state index contributed by atoms with van der Waals surface area (Å²) in [6.45, 7) is 3.73. The van der Waals surface area contributed by atoms with Gasteiger partial charge in [-0.05, 0) is 73.7 Å². The monoisotopic (exact) mass is 439 g/mol. The molecule has 1 aliphatic heterocycles. The van der Waals surface area contributed by atoms with Gasteiger partial charge in [-0.3, -0.25) is 9.59 Å². The second kappa shape index (κ2) is 6.88. The Kier molecular flexibility index (Phi) is 4.34. The van der Waals surface area contributed by atoms with Crippen LogP contribution in [-0.2, 0) is 10.2 Å². The molecule has 5 rings (SSSR count). The number of aromatic amines is 1. The summed E-state index contributed by atoms with van der Waals surface area (Å²) in [6.07, 6.45) is -1.05. The minimum absolute atomic E-state index is 0.0662. The number of H-pyrrole nitrogens is 1. The number of ether oxygens (including phenoxy) is 2. The number of nitrogens with one attached hydrogen (secondary N) is 2. The summed E-state index contributed by atoms with van der Waals surface area (Å²) in [5, 5.41) is 2.84. The second-order valence-corrected chi connectivity index (χ2v) is 8.08. The van der Waals surface area contributed by atoms with Crippen LogP contribution in [0.4, 0.5) is 14.6 Å². The van der Waals surface area contributed by atoms with Gasteiger partial charge in [0.25, 0.3) is 5.56 Å². The first kappa shape index (κ1) is 20.2. The van der Waals surface area contributed by atoms with E-state index in [0.29, 0.717) is 35.5 Å². The number of nitrogens with zero attached hydrogens (tertiary/aromatic N) is 1. The number of fused-ring (bicyclic) bond motifs is 1. The molecular weight excluding hydrogens is 420 g/mol. The van der Waals surface area contributed by atoms with Crippen LogP contribution in [0, 0.1) is 13.8 Å². The maximum absolute atomic E-state index is 13.3. The lowest BCUT2D eigenvalue weighted by atomic mass is 9.94. The number of hydrogen-bond acceptors (Lipinski definition) is 5. The fraction of sp³-hybridized carbons (Fsp3) is 0.261. The Morgan fingerprint density at radius 2 is 1.88 bits per heavy atom. The van der Waals surface area contributed by atoms with E-state index in [9.17, 15) is 18.4 Å². The SMILES string of the molecule is Cc1cc(NC(=O)C2(c3ccc4c(c3)OC(F)(F)O4)CC2)nc(-c2ccc[nH]c2=O)c1C. The molecule has 1 aliphatic carbocycles. The number of benzene rings is 1. The third kappa shape index (κ3) is 3.30. The Balaban J connectivity index is 1.45. The molecule has 2 aromatic heterocycles. The molecule has 3 aromatic rings. The number of hydrogen-bond donors (Lipinski definition) is 2. The molecule has 1 fully saturated rings. The van der Waals surface area contributed by atoms with Crippen molar-refractivity contribution in [1.82, 2.24) is 9.97 Å². The zero-order chi connectivity index (χ0) is 22.7. The van der Waals surface area contributed by atoms with Crippen molar-refractivity contribution in [2.24, 2.45) is 0 Å². The molecular formula is C23H19F2N3O4. The standard InChI is InChI=1S/C23H19F2N3O4/c1-12-10-18(27-19(13(12)2)15-4-3-9-26-20(15)29)28-21(30)22(7-8-22)14-5-6-16-17(11-14)32-23(24,25)31-16/h3-6,9-11H,7-8H2,1-2H3,(H,26,29)(H,27,28,30). The zero-order valence-corrected chi connectivity index (χ0v) is 17.3. The summed E-state index contributed by atoms with van der Waals surface area (Å²) in [5.41, 5.74) is 2.02. The highest BCUT2D eigenvalue weighted by molar-refractivity contribution is 6.01. The third-order valence-electron chi connectivity index (χ3n) is 5.99. The summed E-state index contributed by atoms with van der Waals surface area (Å²) in [7, 11) is 0. The number of aryl methyl sites for hydroxylation is 1. The van der Waals surface area contributed by atoms with Crippen molar-refractivity contribution in [3.8, 4) is 22.8 Å². The number of carbonyl (C=O) groups is 1. The highest BCUT2D eigenvalue weighted by atomic mass is 19.3. The van der Waals surface area contributed by atoms with Crippen molar-refractivity contribution >= 4 is 11.7 Å². The van der Waals surface area contributed by atoms with Crippen molar-refractivity contribution in [3.05, 3.63) is 69.6 Å². The summed E-state index contributed by atoms with van der Waals surface area (Å²) >= 11 is 0. The topological polar surface area (TPSA) is 93.3 Å². The van der Waals surface area contributed by atoms with E-state index in [1.54, 1.807) is 24.3 Å². The summed E-state index contributed by atoms with van der Waals surface area (Å²) in [6, 6.07) is 9.52. The van der Waals surface area contributed by atoms with E-state index in [1.807, 2.05) is 13.8 Å². The van der Waals surface area contributed by atoms with E-state index < -0.39 is 11.7 Å². The lowest BCUT2D eigenvalue weighted by Gasteiger charge is -2.17. The van der Waals surface area contributed by atoms with Crippen LogP contribution in [-0.4, -0.2) is 22.2 Å². The molecule has 0 radical (unpaired) electrons. The molecule has 1 amide bonds. The second-order valence-electron chi connectivity index (χ2n) is 8.08. The quantitative estimate of drug-likeness (QED) is 0.640. The molecule has 7 nitrogen and oxygen atoms in total. The lowest BCUT2D eigenvalue weighted by Crippen LogP contribution is -2.28. The molecule has 0 atom stereocenters. The Hall–Kier alpha value is -3.75. The van der Waals surface area contributed by atoms with E-state index in [-0.39, 0.29) is 23.0 Å². The Morgan fingerprint density at radius 1 is 1.12 bits per heavy atom. The van der Waals surface area contributed by atoms with Crippen LogP contribution in [0.15, 0.2) is 47.4 Å². The van der Waals surface area contributed by atoms with Gasteiger partial charge in [0.05, 0.1) is 16.7 Å². The number of rotatable bonds is 4. The largest absolute Gasteiger partial charge is 0.586 e. The van der Waals surface area contributed by atoms with Crippen LogP contribution in [0.1, 0.15) is 29.5 Å². The number of pyridine rings is 2. The number of halogens is 2. The summed E-state index contributed by atoms with van der Waals surface area (Å²) < 4.78 is 35.7. The number of anilines is 1. The first-order chi connectivity index (χ1) is 15.2. The maximum atomic E-state index is 13.3. The van der Waals surface area contributed by atoms with Crippen LogP contribution < -0.4 is 20.3 Å². The van der Waals surface area contributed by atoms with E-state index in [2.05, 4.69) is 24.8 Å². The van der Waals surface area contributed by atoms with Crippen molar-refractivity contribution in [2.45, 2.75) is 38.4 Å². The normalized spacial score (nSPS) is 17.1. The summed E-state index contributed by atoms with van der Waals surface area (Å²) in [5.74, 6) is -0.147. The van der Waals surface area contributed by atoms with Crippen LogP contribution >= 0.6 is 0 Å². The van der Waals surface area contributed by atoms with E-state index in [4.69, 9.17) is 0 Å². The van der Waals surface area contributed by atoms with Crippen LogP contribution in [0.5, 0.6) is 11.5 Å². The van der Waals surface area contributed by atoms with Gasteiger partial charge in [0.1, 0.15) is 5.82 Å². The highest BCUT2D eigenvalue weighted by Gasteiger charge is 2.53. The predicted octanol–water partition coefficient (Wildman–Crippen LogP) is 4.05. The first-order valence-electron chi connectivity index (χ1n) is 10.1. The van der Waals surface area contributed by atoms with Gasteiger partial charge in [-0.2, -0.15) is 0 Å². The van der Waals surface area contributed by atoms with Gasteiger partial charge < -0.3 is 19.8 Å². The average molecular weight is 439 g/mol. The molecule has 0 unspecified atom stereocenters. The van der Waals surface area contributed by atoms with Crippen LogP contribution in [0.2, 0.25) is 0 Å². The first-order valence-corrected chi connectivity index (χ1v) is 10.1. The number of alkyl halides is 2. The fourth-order valence-electron chi connectivity index (χ4n) is 3.93. The van der Waals surface area contributed by atoms with Gasteiger partial charge in [0.2, 0.25) is 5.91 Å². The minimum Gasteiger partial charge on any atom is -0.395 e. The van der Waals surface area contributed by atoms with Crippen LogP contribution in [0.25, 0.3) is 11.3 Å². The lowest BCUT2D eigenvalue weighted by molar-refractivity contribution is -0.286. The molecule has 2 N–H and O–H groups in total. The number of carbonyl (C=O) groups excluding carboxylic acids is 1. The molecule has 3 heterocycles. The van der Waals surface area contributed by atoms with Gasteiger partial charge in [0.15, 0.2) is 11.5 Å². The molecule has 1 saturated carbocycles.